The molecular formula is C22H18FN7O. The number of aromatic nitrogens is 6. The lowest BCUT2D eigenvalue weighted by atomic mass is 10.1. The fraction of sp³-hybridized carbons (Fsp3) is 0.136. The Labute approximate surface area is 175 Å². The number of hydrogen-bond donors (Lipinski definition) is 2. The van der Waals surface area contributed by atoms with Crippen molar-refractivity contribution in [3.63, 3.8) is 0 Å². The van der Waals surface area contributed by atoms with Crippen molar-refractivity contribution < 1.29 is 4.39 Å². The summed E-state index contributed by atoms with van der Waals surface area (Å²) < 4.78 is 15.4. The molecule has 0 aliphatic heterocycles. The monoisotopic (exact) mass is 415 g/mol. The van der Waals surface area contributed by atoms with Crippen molar-refractivity contribution in [2.45, 2.75) is 20.4 Å². The maximum atomic E-state index is 13.8. The molecule has 0 unspecified atom stereocenters. The van der Waals surface area contributed by atoms with Crippen LogP contribution >= 0.6 is 0 Å². The van der Waals surface area contributed by atoms with Gasteiger partial charge in [-0.3, -0.25) is 9.36 Å². The van der Waals surface area contributed by atoms with Gasteiger partial charge in [-0.15, -0.1) is 0 Å². The van der Waals surface area contributed by atoms with Gasteiger partial charge in [0.1, 0.15) is 11.3 Å². The molecule has 3 aromatic heterocycles. The SMILES string of the molecule is Cc1cccc(-n2c(CNc3nc(F)nc4nc[nH]c34)nc3cccc(C)c3c2=O)c1. The second kappa shape index (κ2) is 7.28. The van der Waals surface area contributed by atoms with E-state index in [1.165, 1.54) is 6.33 Å². The number of anilines is 1. The average molecular weight is 415 g/mol. The highest BCUT2D eigenvalue weighted by atomic mass is 19.1. The Morgan fingerprint density at radius 2 is 1.94 bits per heavy atom. The molecule has 0 fully saturated rings. The van der Waals surface area contributed by atoms with Crippen LogP contribution in [-0.2, 0) is 6.54 Å². The Hall–Kier alpha value is -4.14. The summed E-state index contributed by atoms with van der Waals surface area (Å²) in [5.74, 6) is 0.717. The Bertz CT molecular complexity index is 1510. The molecule has 154 valence electrons. The molecule has 31 heavy (non-hydrogen) atoms. The molecule has 0 radical (unpaired) electrons. The van der Waals surface area contributed by atoms with E-state index in [1.807, 2.05) is 56.3 Å². The van der Waals surface area contributed by atoms with Crippen molar-refractivity contribution in [2.75, 3.05) is 5.32 Å². The summed E-state index contributed by atoms with van der Waals surface area (Å²) in [6, 6.07) is 13.2. The Morgan fingerprint density at radius 3 is 2.77 bits per heavy atom. The van der Waals surface area contributed by atoms with Crippen molar-refractivity contribution in [2.24, 2.45) is 0 Å². The van der Waals surface area contributed by atoms with Gasteiger partial charge in [0, 0.05) is 0 Å². The highest BCUT2D eigenvalue weighted by Gasteiger charge is 2.16. The summed E-state index contributed by atoms with van der Waals surface area (Å²) in [7, 11) is 0. The Balaban J connectivity index is 1.67. The van der Waals surface area contributed by atoms with Gasteiger partial charge in [-0.25, -0.2) is 9.97 Å². The summed E-state index contributed by atoms with van der Waals surface area (Å²) in [6.45, 7) is 3.99. The van der Waals surface area contributed by atoms with Crippen LogP contribution in [-0.4, -0.2) is 29.5 Å². The van der Waals surface area contributed by atoms with Gasteiger partial charge >= 0.3 is 6.08 Å². The molecule has 0 saturated heterocycles. The van der Waals surface area contributed by atoms with Gasteiger partial charge in [-0.2, -0.15) is 14.4 Å². The third-order valence-electron chi connectivity index (χ3n) is 5.11. The van der Waals surface area contributed by atoms with E-state index in [2.05, 4.69) is 25.3 Å². The first kappa shape index (κ1) is 18.9. The van der Waals surface area contributed by atoms with Crippen molar-refractivity contribution in [1.82, 2.24) is 29.5 Å². The minimum absolute atomic E-state index is 0.137. The number of benzene rings is 2. The second-order valence-corrected chi connectivity index (χ2v) is 7.27. The number of hydrogen-bond acceptors (Lipinski definition) is 6. The summed E-state index contributed by atoms with van der Waals surface area (Å²) in [6.07, 6.45) is 0.532. The molecule has 8 nitrogen and oxygen atoms in total. The molecule has 0 bridgehead atoms. The van der Waals surface area contributed by atoms with Crippen molar-refractivity contribution >= 4 is 27.9 Å². The highest BCUT2D eigenvalue weighted by molar-refractivity contribution is 5.83. The number of rotatable bonds is 4. The first-order chi connectivity index (χ1) is 15.0. The smallest absolute Gasteiger partial charge is 0.312 e. The maximum absolute atomic E-state index is 13.8. The number of nitrogens with one attached hydrogen (secondary N) is 2. The van der Waals surface area contributed by atoms with Gasteiger partial charge in [-0.1, -0.05) is 24.3 Å². The molecule has 5 aromatic rings. The normalized spacial score (nSPS) is 11.3. The molecule has 0 aliphatic carbocycles. The first-order valence-electron chi connectivity index (χ1n) is 9.70. The molecule has 0 atom stereocenters. The molecule has 5 rings (SSSR count). The predicted molar refractivity (Wildman–Crippen MR) is 116 cm³/mol. The van der Waals surface area contributed by atoms with E-state index in [0.29, 0.717) is 27.9 Å². The largest absolute Gasteiger partial charge is 0.361 e. The minimum atomic E-state index is -0.889. The van der Waals surface area contributed by atoms with Gasteiger partial charge in [0.2, 0.25) is 0 Å². The third-order valence-corrected chi connectivity index (χ3v) is 5.11. The number of halogens is 1. The van der Waals surface area contributed by atoms with Crippen molar-refractivity contribution in [3.8, 4) is 5.69 Å². The fourth-order valence-electron chi connectivity index (χ4n) is 3.69. The van der Waals surface area contributed by atoms with Crippen LogP contribution in [0.4, 0.5) is 10.2 Å². The fourth-order valence-corrected chi connectivity index (χ4v) is 3.69. The molecule has 2 N–H and O–H groups in total. The quantitative estimate of drug-likeness (QED) is 0.436. The zero-order chi connectivity index (χ0) is 21.5. The molecular weight excluding hydrogens is 397 g/mol. The summed E-state index contributed by atoms with van der Waals surface area (Å²) in [5.41, 5.74) is 3.71. The molecule has 0 amide bonds. The van der Waals surface area contributed by atoms with E-state index in [1.54, 1.807) is 4.57 Å². The topological polar surface area (TPSA) is 101 Å². The Kier molecular flexibility index (Phi) is 4.43. The first-order valence-corrected chi connectivity index (χ1v) is 9.70. The number of H-pyrrole nitrogens is 1. The second-order valence-electron chi connectivity index (χ2n) is 7.27. The Morgan fingerprint density at radius 1 is 1.10 bits per heavy atom. The molecule has 0 aliphatic rings. The number of imidazole rings is 1. The van der Waals surface area contributed by atoms with Crippen LogP contribution in [0.5, 0.6) is 0 Å². The molecule has 0 saturated carbocycles. The van der Waals surface area contributed by atoms with Crippen molar-refractivity contribution in [3.05, 3.63) is 82.2 Å². The van der Waals surface area contributed by atoms with Crippen molar-refractivity contribution in [1.29, 1.82) is 0 Å². The van der Waals surface area contributed by atoms with E-state index in [0.717, 1.165) is 11.1 Å². The van der Waals surface area contributed by atoms with E-state index in [-0.39, 0.29) is 23.6 Å². The van der Waals surface area contributed by atoms with Gasteiger partial charge in [0.15, 0.2) is 11.5 Å². The average Bonchev–Trinajstić information content (AvgIpc) is 3.20. The van der Waals surface area contributed by atoms with Crippen LogP contribution < -0.4 is 10.9 Å². The minimum Gasteiger partial charge on any atom is -0.361 e. The van der Waals surface area contributed by atoms with E-state index >= 15 is 0 Å². The number of fused-ring (bicyclic) bond motifs is 2. The number of nitrogens with zero attached hydrogens (tertiary/aromatic N) is 5. The molecule has 9 heteroatoms. The summed E-state index contributed by atoms with van der Waals surface area (Å²) in [4.78, 5) is 32.6. The van der Waals surface area contributed by atoms with Crippen LogP contribution in [0.15, 0.2) is 53.6 Å². The zero-order valence-electron chi connectivity index (χ0n) is 16.8. The van der Waals surface area contributed by atoms with Crippen LogP contribution in [0.3, 0.4) is 0 Å². The highest BCUT2D eigenvalue weighted by Crippen LogP contribution is 2.20. The molecule has 3 heterocycles. The lowest BCUT2D eigenvalue weighted by Gasteiger charge is -2.16. The van der Waals surface area contributed by atoms with Gasteiger partial charge < -0.3 is 10.3 Å². The summed E-state index contributed by atoms with van der Waals surface area (Å²) >= 11 is 0. The van der Waals surface area contributed by atoms with Crippen LogP contribution in [0.2, 0.25) is 0 Å². The molecule has 2 aromatic carbocycles. The summed E-state index contributed by atoms with van der Waals surface area (Å²) in [5, 5.41) is 3.64. The van der Waals surface area contributed by atoms with Crippen LogP contribution in [0.1, 0.15) is 17.0 Å². The number of aromatic amines is 1. The van der Waals surface area contributed by atoms with Crippen LogP contribution in [0, 0.1) is 19.9 Å². The zero-order valence-corrected chi connectivity index (χ0v) is 16.8. The third kappa shape index (κ3) is 3.29. The van der Waals surface area contributed by atoms with Gasteiger partial charge in [-0.05, 0) is 43.2 Å². The van der Waals surface area contributed by atoms with E-state index < -0.39 is 6.08 Å². The van der Waals surface area contributed by atoms with Gasteiger partial charge in [0.05, 0.1) is 29.5 Å². The lowest BCUT2D eigenvalue weighted by molar-refractivity contribution is 0.545. The maximum Gasteiger partial charge on any atom is 0.312 e. The standard InChI is InChI=1S/C22H18FN7O/c1-12-5-3-7-14(9-12)30-16(27-15-8-4-6-13(2)17(15)21(30)31)10-24-19-18-20(26-11-25-18)29-22(23)28-19/h3-9,11H,10H2,1-2H3,(H2,24,25,26,28,29). The number of aryl methyl sites for hydroxylation is 2. The van der Waals surface area contributed by atoms with E-state index in [9.17, 15) is 9.18 Å². The van der Waals surface area contributed by atoms with Gasteiger partial charge in [0.25, 0.3) is 5.56 Å². The molecule has 0 spiro atoms. The van der Waals surface area contributed by atoms with E-state index in [4.69, 9.17) is 4.98 Å². The van der Waals surface area contributed by atoms with Crippen LogP contribution in [0.25, 0.3) is 27.8 Å². The predicted octanol–water partition coefficient (Wildman–Crippen LogP) is 3.42. The lowest BCUT2D eigenvalue weighted by Crippen LogP contribution is -2.26.